The lowest BCUT2D eigenvalue weighted by atomic mass is 10.2. The van der Waals surface area contributed by atoms with Crippen molar-refractivity contribution in [1.82, 2.24) is 5.43 Å². The van der Waals surface area contributed by atoms with Crippen LogP contribution in [0, 0.1) is 0 Å². The highest BCUT2D eigenvalue weighted by Crippen LogP contribution is 2.08. The molecule has 4 N–H and O–H groups in total. The molecule has 0 unspecified atom stereocenters. The molecule has 0 aliphatic rings. The van der Waals surface area contributed by atoms with Gasteiger partial charge in [-0.25, -0.2) is 8.42 Å². The highest BCUT2D eigenvalue weighted by molar-refractivity contribution is 7.85. The first-order valence-corrected chi connectivity index (χ1v) is 6.71. The molecule has 98 valence electrons. The Morgan fingerprint density at radius 1 is 1.44 bits per heavy atom. The number of nitrogens with zero attached hydrogens (tertiary/aromatic N) is 1. The number of hydrogen-bond acceptors (Lipinski definition) is 6. The molecule has 0 bridgehead atoms. The maximum absolute atomic E-state index is 10.4. The van der Waals surface area contributed by atoms with Crippen molar-refractivity contribution in [2.45, 2.75) is 0 Å². The summed E-state index contributed by atoms with van der Waals surface area (Å²) in [5, 5.41) is 6.29. The van der Waals surface area contributed by atoms with Crippen molar-refractivity contribution in [3.63, 3.8) is 0 Å². The maximum atomic E-state index is 10.4. The summed E-state index contributed by atoms with van der Waals surface area (Å²) in [6.45, 7) is 0. The minimum Gasteiger partial charge on any atom is -0.747 e. The van der Waals surface area contributed by atoms with E-state index in [1.54, 1.807) is 24.3 Å². The second kappa shape index (κ2) is 6.28. The van der Waals surface area contributed by atoms with Crippen LogP contribution in [0.5, 0.6) is 0 Å². The molecule has 0 heterocycles. The van der Waals surface area contributed by atoms with Gasteiger partial charge in [0.05, 0.1) is 6.21 Å². The van der Waals surface area contributed by atoms with E-state index >= 15 is 0 Å². The Balaban J connectivity index is 2.57. The van der Waals surface area contributed by atoms with Crippen LogP contribution in [-0.4, -0.2) is 30.2 Å². The lowest BCUT2D eigenvalue weighted by Crippen LogP contribution is -2.23. The first-order valence-electron chi connectivity index (χ1n) is 4.73. The van der Waals surface area contributed by atoms with Crippen LogP contribution in [0.2, 0.25) is 0 Å². The molecule has 0 aliphatic carbocycles. The zero-order chi connectivity index (χ0) is 13.6. The molecule has 0 aromatic heterocycles. The monoisotopic (exact) mass is 287 g/mol. The highest BCUT2D eigenvalue weighted by Gasteiger charge is 1.96. The standard InChI is InChI=1S/C9H12N4O3S2/c10-9(17)13-12-5-7-1-3-8(4-2-7)11-6-18(14,15)16/h1-5,11H,6H2,(H3,10,13,17)(H,14,15,16)/p-1/b12-5-. The van der Waals surface area contributed by atoms with E-state index in [0.29, 0.717) is 5.69 Å². The Labute approximate surface area is 110 Å². The fourth-order valence-electron chi connectivity index (χ4n) is 1.03. The summed E-state index contributed by atoms with van der Waals surface area (Å²) in [6.07, 6.45) is 1.49. The van der Waals surface area contributed by atoms with Gasteiger partial charge in [0.15, 0.2) is 5.11 Å². The van der Waals surface area contributed by atoms with Gasteiger partial charge in [0.25, 0.3) is 0 Å². The zero-order valence-electron chi connectivity index (χ0n) is 9.16. The predicted molar refractivity (Wildman–Crippen MR) is 72.1 cm³/mol. The van der Waals surface area contributed by atoms with E-state index in [2.05, 4.69) is 28.1 Å². The second-order valence-electron chi connectivity index (χ2n) is 3.24. The van der Waals surface area contributed by atoms with E-state index in [1.807, 2.05) is 0 Å². The van der Waals surface area contributed by atoms with E-state index in [0.717, 1.165) is 5.56 Å². The largest absolute Gasteiger partial charge is 0.747 e. The van der Waals surface area contributed by atoms with Crippen molar-refractivity contribution in [2.75, 3.05) is 11.2 Å². The van der Waals surface area contributed by atoms with Gasteiger partial charge < -0.3 is 15.6 Å². The van der Waals surface area contributed by atoms with Crippen molar-refractivity contribution in [3.05, 3.63) is 29.8 Å². The average molecular weight is 287 g/mol. The van der Waals surface area contributed by atoms with Crippen LogP contribution < -0.4 is 16.5 Å². The Bertz CT molecular complexity index is 539. The lowest BCUT2D eigenvalue weighted by Gasteiger charge is -2.09. The zero-order valence-corrected chi connectivity index (χ0v) is 10.8. The van der Waals surface area contributed by atoms with Crippen LogP contribution in [0.25, 0.3) is 0 Å². The van der Waals surface area contributed by atoms with Crippen LogP contribution in [0.1, 0.15) is 5.56 Å². The number of benzene rings is 1. The summed E-state index contributed by atoms with van der Waals surface area (Å²) in [6, 6.07) is 6.61. The molecule has 7 nitrogen and oxygen atoms in total. The van der Waals surface area contributed by atoms with Gasteiger partial charge in [-0.1, -0.05) is 12.1 Å². The van der Waals surface area contributed by atoms with Crippen LogP contribution in [0.3, 0.4) is 0 Å². The number of nitrogens with one attached hydrogen (secondary N) is 2. The van der Waals surface area contributed by atoms with Gasteiger partial charge >= 0.3 is 0 Å². The lowest BCUT2D eigenvalue weighted by molar-refractivity contribution is 0.465. The summed E-state index contributed by atoms with van der Waals surface area (Å²) in [5.74, 6) is -0.649. The Morgan fingerprint density at radius 2 is 2.06 bits per heavy atom. The van der Waals surface area contributed by atoms with Crippen LogP contribution in [0.4, 0.5) is 5.69 Å². The number of hydrogen-bond donors (Lipinski definition) is 3. The summed E-state index contributed by atoms with van der Waals surface area (Å²) in [5.41, 5.74) is 8.85. The van der Waals surface area contributed by atoms with Crippen LogP contribution >= 0.6 is 12.2 Å². The number of nitrogens with two attached hydrogens (primary N) is 1. The molecule has 1 aromatic carbocycles. The molecule has 0 spiro atoms. The molecule has 0 saturated heterocycles. The minimum atomic E-state index is -4.28. The first-order chi connectivity index (χ1) is 8.37. The first kappa shape index (κ1) is 14.4. The molecule has 0 amide bonds. The van der Waals surface area contributed by atoms with E-state index in [1.165, 1.54) is 6.21 Å². The number of thiocarbonyl (C=S) groups is 1. The Kier molecular flexibility index (Phi) is 5.01. The molecule has 0 atom stereocenters. The molecule has 0 aliphatic heterocycles. The quantitative estimate of drug-likeness (QED) is 0.296. The number of rotatable bonds is 5. The van der Waals surface area contributed by atoms with Gasteiger partial charge in [0.1, 0.15) is 16.0 Å². The van der Waals surface area contributed by atoms with E-state index in [9.17, 15) is 13.0 Å². The molecule has 1 rings (SSSR count). The summed E-state index contributed by atoms with van der Waals surface area (Å²) in [7, 11) is -4.28. The second-order valence-corrected chi connectivity index (χ2v) is 5.08. The fourth-order valence-corrected chi connectivity index (χ4v) is 1.43. The molecule has 0 saturated carbocycles. The molecule has 1 aromatic rings. The van der Waals surface area contributed by atoms with Crippen molar-refractivity contribution >= 4 is 39.4 Å². The Hall–Kier alpha value is -1.71. The molecule has 0 fully saturated rings. The van der Waals surface area contributed by atoms with Gasteiger partial charge in [-0.2, -0.15) is 5.10 Å². The molecule has 9 heteroatoms. The van der Waals surface area contributed by atoms with Crippen molar-refractivity contribution in [3.8, 4) is 0 Å². The topological polar surface area (TPSA) is 120 Å². The van der Waals surface area contributed by atoms with E-state index in [-0.39, 0.29) is 5.11 Å². The summed E-state index contributed by atoms with van der Waals surface area (Å²) in [4.78, 5) is 0. The maximum Gasteiger partial charge on any atom is 0.184 e. The normalized spacial score (nSPS) is 11.4. The SMILES string of the molecule is NC(=S)N/N=C\c1ccc(NCS(=O)(=O)[O-])cc1. The third-order valence-corrected chi connectivity index (χ3v) is 2.34. The van der Waals surface area contributed by atoms with Crippen LogP contribution in [0.15, 0.2) is 29.4 Å². The molecular weight excluding hydrogens is 276 g/mol. The van der Waals surface area contributed by atoms with Gasteiger partial charge in [0.2, 0.25) is 0 Å². The number of anilines is 1. The predicted octanol–water partition coefficient (Wildman–Crippen LogP) is -0.232. The van der Waals surface area contributed by atoms with Gasteiger partial charge in [-0.3, -0.25) is 5.43 Å². The van der Waals surface area contributed by atoms with E-state index < -0.39 is 16.0 Å². The van der Waals surface area contributed by atoms with Crippen molar-refractivity contribution in [1.29, 1.82) is 0 Å². The third kappa shape index (κ3) is 6.13. The average Bonchev–Trinajstić information content (AvgIpc) is 2.26. The minimum absolute atomic E-state index is 0.0604. The van der Waals surface area contributed by atoms with Gasteiger partial charge in [-0.15, -0.1) is 0 Å². The fraction of sp³-hybridized carbons (Fsp3) is 0.111. The summed E-state index contributed by atoms with van der Waals surface area (Å²) < 4.78 is 31.2. The van der Waals surface area contributed by atoms with E-state index in [4.69, 9.17) is 5.73 Å². The third-order valence-electron chi connectivity index (χ3n) is 1.75. The molecular formula is C9H11N4O3S2-. The van der Waals surface area contributed by atoms with Gasteiger partial charge in [0, 0.05) is 5.69 Å². The Morgan fingerprint density at radius 3 is 2.56 bits per heavy atom. The molecule has 18 heavy (non-hydrogen) atoms. The smallest absolute Gasteiger partial charge is 0.184 e. The highest BCUT2D eigenvalue weighted by atomic mass is 32.2. The number of hydrazone groups is 1. The summed E-state index contributed by atoms with van der Waals surface area (Å²) >= 11 is 4.56. The van der Waals surface area contributed by atoms with Crippen LogP contribution in [-0.2, 0) is 10.1 Å². The van der Waals surface area contributed by atoms with Crippen molar-refractivity contribution in [2.24, 2.45) is 10.8 Å². The molecule has 0 radical (unpaired) electrons. The van der Waals surface area contributed by atoms with Crippen molar-refractivity contribution < 1.29 is 13.0 Å². The van der Waals surface area contributed by atoms with Gasteiger partial charge in [-0.05, 0) is 29.9 Å².